The Balaban J connectivity index is 2.26. The fraction of sp³-hybridized carbons (Fsp3) is 0.222. The Morgan fingerprint density at radius 3 is 2.77 bits per heavy atom. The third-order valence-electron chi connectivity index (χ3n) is 1.97. The summed E-state index contributed by atoms with van der Waals surface area (Å²) < 4.78 is 0.944. The van der Waals surface area contributed by atoms with Crippen LogP contribution in [0.25, 0.3) is 0 Å². The van der Waals surface area contributed by atoms with Crippen LogP contribution in [0, 0.1) is 0 Å². The molecule has 0 spiro atoms. The van der Waals surface area contributed by atoms with E-state index >= 15 is 0 Å². The van der Waals surface area contributed by atoms with Gasteiger partial charge in [-0.2, -0.15) is 0 Å². The normalized spacial score (nSPS) is 15.8. The topological polar surface area (TPSA) is 42.2 Å². The summed E-state index contributed by atoms with van der Waals surface area (Å²) in [6.07, 6.45) is 1.67. The van der Waals surface area contributed by atoms with Crippen LogP contribution in [-0.4, -0.2) is 18.1 Å². The van der Waals surface area contributed by atoms with Gasteiger partial charge in [0.1, 0.15) is 5.82 Å². The fourth-order valence-corrected chi connectivity index (χ4v) is 1.94. The quantitative estimate of drug-likeness (QED) is 0.761. The summed E-state index contributed by atoms with van der Waals surface area (Å²) in [5.74, 6) is 0.946. The van der Waals surface area contributed by atoms with Gasteiger partial charge in [0.15, 0.2) is 0 Å². The van der Waals surface area contributed by atoms with Crippen molar-refractivity contribution in [2.45, 2.75) is 0 Å². The van der Waals surface area contributed by atoms with Crippen LogP contribution in [0.4, 0.5) is 11.5 Å². The molecule has 0 radical (unpaired) electrons. The maximum Gasteiger partial charge on any atom is 0.143 e. The van der Waals surface area contributed by atoms with E-state index in [1.165, 1.54) is 5.57 Å². The Bertz CT molecular complexity index is 354. The number of hydrogen-bond acceptors (Lipinski definition) is 3. The van der Waals surface area contributed by atoms with E-state index in [9.17, 15) is 0 Å². The largest absolute Gasteiger partial charge is 0.397 e. The molecule has 1 aromatic heterocycles. The maximum absolute atomic E-state index is 5.59. The minimum absolute atomic E-state index is 0.676. The number of nitrogens with zero attached hydrogens (tertiary/aromatic N) is 2. The summed E-state index contributed by atoms with van der Waals surface area (Å²) in [6.45, 7) is 5.67. The van der Waals surface area contributed by atoms with Gasteiger partial charge < -0.3 is 10.6 Å². The van der Waals surface area contributed by atoms with Crippen molar-refractivity contribution in [3.05, 3.63) is 28.9 Å². The van der Waals surface area contributed by atoms with E-state index in [0.717, 1.165) is 23.4 Å². The molecule has 0 aliphatic carbocycles. The first-order valence-electron chi connectivity index (χ1n) is 3.99. The summed E-state index contributed by atoms with van der Waals surface area (Å²) in [6, 6.07) is 1.86. The Morgan fingerprint density at radius 2 is 2.23 bits per heavy atom. The van der Waals surface area contributed by atoms with Crippen molar-refractivity contribution in [3.63, 3.8) is 0 Å². The van der Waals surface area contributed by atoms with Crippen LogP contribution in [0.3, 0.4) is 0 Å². The monoisotopic (exact) mass is 239 g/mol. The summed E-state index contributed by atoms with van der Waals surface area (Å²) in [7, 11) is 0. The molecule has 3 nitrogen and oxygen atoms in total. The Kier molecular flexibility index (Phi) is 2.00. The smallest absolute Gasteiger partial charge is 0.143 e. The molecular weight excluding hydrogens is 230 g/mol. The first-order valence-corrected chi connectivity index (χ1v) is 4.79. The van der Waals surface area contributed by atoms with Crippen LogP contribution in [0.1, 0.15) is 0 Å². The first-order chi connectivity index (χ1) is 6.16. The first kappa shape index (κ1) is 8.56. The summed E-state index contributed by atoms with van der Waals surface area (Å²) in [5, 5.41) is 0. The van der Waals surface area contributed by atoms with Crippen molar-refractivity contribution in [1.82, 2.24) is 4.98 Å². The summed E-state index contributed by atoms with van der Waals surface area (Å²) in [5.41, 5.74) is 7.50. The third-order valence-corrected chi connectivity index (χ3v) is 2.55. The number of rotatable bonds is 1. The molecule has 1 aromatic rings. The number of halogens is 1. The number of nitrogens with two attached hydrogens (primary N) is 1. The second kappa shape index (κ2) is 3.03. The molecule has 1 aliphatic heterocycles. The van der Waals surface area contributed by atoms with Crippen LogP contribution < -0.4 is 10.6 Å². The Labute approximate surface area is 85.4 Å². The number of pyridine rings is 1. The van der Waals surface area contributed by atoms with E-state index in [1.54, 1.807) is 6.20 Å². The van der Waals surface area contributed by atoms with E-state index in [2.05, 4.69) is 32.4 Å². The SMILES string of the molecule is C=C1CN(c2ncc(N)cc2Br)C1. The molecule has 0 aromatic carbocycles. The lowest BCUT2D eigenvalue weighted by Gasteiger charge is -2.34. The number of aromatic nitrogens is 1. The van der Waals surface area contributed by atoms with Crippen LogP contribution >= 0.6 is 15.9 Å². The molecule has 0 amide bonds. The second-order valence-corrected chi connectivity index (χ2v) is 4.03. The molecule has 13 heavy (non-hydrogen) atoms. The van der Waals surface area contributed by atoms with Crippen molar-refractivity contribution < 1.29 is 0 Å². The molecule has 1 aliphatic rings. The molecule has 2 heterocycles. The Morgan fingerprint density at radius 1 is 1.54 bits per heavy atom. The highest BCUT2D eigenvalue weighted by atomic mass is 79.9. The Hall–Kier alpha value is -1.03. The van der Waals surface area contributed by atoms with Gasteiger partial charge in [-0.25, -0.2) is 4.98 Å². The van der Waals surface area contributed by atoms with Crippen LogP contribution in [-0.2, 0) is 0 Å². The van der Waals surface area contributed by atoms with Gasteiger partial charge in [-0.1, -0.05) is 6.58 Å². The zero-order chi connectivity index (χ0) is 9.42. The molecule has 0 unspecified atom stereocenters. The molecule has 4 heteroatoms. The number of hydrogen-bond donors (Lipinski definition) is 1. The number of anilines is 2. The van der Waals surface area contributed by atoms with Gasteiger partial charge in [-0.05, 0) is 27.6 Å². The van der Waals surface area contributed by atoms with Crippen LogP contribution in [0.2, 0.25) is 0 Å². The molecule has 1 fully saturated rings. The maximum atomic E-state index is 5.59. The lowest BCUT2D eigenvalue weighted by atomic mass is 10.1. The highest BCUT2D eigenvalue weighted by molar-refractivity contribution is 9.10. The van der Waals surface area contributed by atoms with Gasteiger partial charge in [0.25, 0.3) is 0 Å². The highest BCUT2D eigenvalue weighted by Crippen LogP contribution is 2.29. The summed E-state index contributed by atoms with van der Waals surface area (Å²) >= 11 is 3.43. The summed E-state index contributed by atoms with van der Waals surface area (Å²) in [4.78, 5) is 6.39. The van der Waals surface area contributed by atoms with Gasteiger partial charge in [0.2, 0.25) is 0 Å². The standard InChI is InChI=1S/C9H10BrN3/c1-6-4-13(5-6)9-8(10)2-7(11)3-12-9/h2-3H,1,4-5,11H2. The van der Waals surface area contributed by atoms with Crippen LogP contribution in [0.15, 0.2) is 28.9 Å². The fourth-order valence-electron chi connectivity index (χ4n) is 1.32. The molecular formula is C9H10BrN3. The molecule has 2 N–H and O–H groups in total. The van der Waals surface area contributed by atoms with Gasteiger partial charge in [-0.3, -0.25) is 0 Å². The van der Waals surface area contributed by atoms with E-state index < -0.39 is 0 Å². The van der Waals surface area contributed by atoms with E-state index in [4.69, 9.17) is 5.73 Å². The van der Waals surface area contributed by atoms with Crippen molar-refractivity contribution in [2.24, 2.45) is 0 Å². The van der Waals surface area contributed by atoms with E-state index in [0.29, 0.717) is 5.69 Å². The molecule has 68 valence electrons. The van der Waals surface area contributed by atoms with Crippen molar-refractivity contribution >= 4 is 27.4 Å². The van der Waals surface area contributed by atoms with E-state index in [1.807, 2.05) is 6.07 Å². The second-order valence-electron chi connectivity index (χ2n) is 3.18. The van der Waals surface area contributed by atoms with Crippen LogP contribution in [0.5, 0.6) is 0 Å². The number of nitrogen functional groups attached to an aromatic ring is 1. The molecule has 2 rings (SSSR count). The highest BCUT2D eigenvalue weighted by Gasteiger charge is 2.21. The predicted octanol–water partition coefficient (Wildman–Crippen LogP) is 1.80. The van der Waals surface area contributed by atoms with Gasteiger partial charge in [-0.15, -0.1) is 0 Å². The predicted molar refractivity (Wildman–Crippen MR) is 57.7 cm³/mol. The molecule has 1 saturated heterocycles. The zero-order valence-corrected chi connectivity index (χ0v) is 8.71. The third kappa shape index (κ3) is 1.54. The van der Waals surface area contributed by atoms with Gasteiger partial charge in [0, 0.05) is 13.1 Å². The van der Waals surface area contributed by atoms with E-state index in [-0.39, 0.29) is 0 Å². The van der Waals surface area contributed by atoms with Gasteiger partial charge in [0.05, 0.1) is 16.4 Å². The van der Waals surface area contributed by atoms with Crippen molar-refractivity contribution in [2.75, 3.05) is 23.7 Å². The lowest BCUT2D eigenvalue weighted by molar-refractivity contribution is 0.759. The molecule has 0 bridgehead atoms. The minimum Gasteiger partial charge on any atom is -0.397 e. The van der Waals surface area contributed by atoms with Crippen molar-refractivity contribution in [1.29, 1.82) is 0 Å². The van der Waals surface area contributed by atoms with Gasteiger partial charge >= 0.3 is 0 Å². The zero-order valence-electron chi connectivity index (χ0n) is 7.13. The minimum atomic E-state index is 0.676. The van der Waals surface area contributed by atoms with Crippen molar-refractivity contribution in [3.8, 4) is 0 Å². The lowest BCUT2D eigenvalue weighted by Crippen LogP contribution is -2.40. The molecule has 0 saturated carbocycles. The molecule has 0 atom stereocenters. The average Bonchev–Trinajstić information content (AvgIpc) is 2.00. The average molecular weight is 240 g/mol.